The molecule has 1 heterocycles. The third kappa shape index (κ3) is 8.07. The molecule has 3 atom stereocenters. The Labute approximate surface area is 198 Å². The fourth-order valence-corrected chi connectivity index (χ4v) is 5.75. The van der Waals surface area contributed by atoms with Crippen molar-refractivity contribution in [3.63, 3.8) is 0 Å². The van der Waals surface area contributed by atoms with E-state index in [1.807, 2.05) is 61.7 Å². The summed E-state index contributed by atoms with van der Waals surface area (Å²) in [6.45, 7) is 4.00. The van der Waals surface area contributed by atoms with Gasteiger partial charge >= 0.3 is 0 Å². The van der Waals surface area contributed by atoms with Gasteiger partial charge in [-0.2, -0.15) is 0 Å². The maximum atomic E-state index is 13.5. The normalized spacial score (nSPS) is 13.9. The Balaban J connectivity index is 2.23. The predicted molar refractivity (Wildman–Crippen MR) is 129 cm³/mol. The molecular weight excluding hydrogens is 444 g/mol. The van der Waals surface area contributed by atoms with E-state index in [4.69, 9.17) is 0 Å². The maximum Gasteiger partial charge on any atom is 0.248 e. The molecule has 0 fully saturated rings. The summed E-state index contributed by atoms with van der Waals surface area (Å²) in [5, 5.41) is 14.0. The number of rotatable bonds is 13. The molecule has 6 nitrogen and oxygen atoms in total. The molecule has 0 saturated carbocycles. The van der Waals surface area contributed by atoms with Crippen LogP contribution in [0.25, 0.3) is 0 Å². The number of thioether (sulfide) groups is 1. The minimum Gasteiger partial charge on any atom is -0.359 e. The smallest absolute Gasteiger partial charge is 0.248 e. The molecule has 0 bridgehead atoms. The Morgan fingerprint density at radius 3 is 2.31 bits per heavy atom. The minimum absolute atomic E-state index is 0.0465. The fraction of sp³-hybridized carbons (Fsp3) is 0.458. The molecule has 0 aliphatic heterocycles. The molecule has 0 spiro atoms. The van der Waals surface area contributed by atoms with Crippen molar-refractivity contribution in [1.29, 1.82) is 0 Å². The lowest BCUT2D eigenvalue weighted by Gasteiger charge is -2.27. The van der Waals surface area contributed by atoms with Crippen LogP contribution < -0.4 is 10.8 Å². The van der Waals surface area contributed by atoms with Gasteiger partial charge in [-0.1, -0.05) is 50.2 Å². The minimum atomic E-state index is -0.691. The number of thiophene rings is 1. The average Bonchev–Trinajstić information content (AvgIpc) is 3.31. The van der Waals surface area contributed by atoms with Crippen LogP contribution in [0.2, 0.25) is 0 Å². The summed E-state index contributed by atoms with van der Waals surface area (Å²) in [5.74, 6) is -2.12. The predicted octanol–water partition coefficient (Wildman–Crippen LogP) is 4.19. The highest BCUT2D eigenvalue weighted by atomic mass is 32.2. The molecule has 1 aromatic heterocycles. The Morgan fingerprint density at radius 2 is 1.75 bits per heavy atom. The number of nitrogens with one attached hydrogen (secondary N) is 2. The lowest BCUT2D eigenvalue weighted by molar-refractivity contribution is -0.140. The largest absolute Gasteiger partial charge is 0.359 e. The highest BCUT2D eigenvalue weighted by Gasteiger charge is 2.36. The summed E-state index contributed by atoms with van der Waals surface area (Å²) in [7, 11) is 1.57. The number of hydrogen-bond acceptors (Lipinski definition) is 6. The van der Waals surface area contributed by atoms with Gasteiger partial charge in [0.2, 0.25) is 11.8 Å². The molecule has 32 heavy (non-hydrogen) atoms. The summed E-state index contributed by atoms with van der Waals surface area (Å²) in [6.07, 6.45) is 1.00. The molecule has 0 radical (unpaired) electrons. The first-order valence-corrected chi connectivity index (χ1v) is 12.6. The van der Waals surface area contributed by atoms with Crippen molar-refractivity contribution in [3.05, 3.63) is 53.4 Å². The SMILES string of the molecule is CNC(=O)[C@@H](CC(=O)[C@H](CC(C)C)[C@H](CSc1cccs1)C(=O)NO)Cc1ccccc1. The second kappa shape index (κ2) is 13.4. The number of ketones is 1. The van der Waals surface area contributed by atoms with Crippen LogP contribution >= 0.6 is 23.1 Å². The van der Waals surface area contributed by atoms with Gasteiger partial charge in [0.05, 0.1) is 10.1 Å². The van der Waals surface area contributed by atoms with Gasteiger partial charge in [-0.15, -0.1) is 23.1 Å². The molecule has 2 aromatic rings. The number of hydroxylamine groups is 1. The van der Waals surface area contributed by atoms with E-state index in [0.29, 0.717) is 18.6 Å². The first-order chi connectivity index (χ1) is 15.3. The van der Waals surface area contributed by atoms with Crippen LogP contribution in [0.3, 0.4) is 0 Å². The Bertz CT molecular complexity index is 856. The van der Waals surface area contributed by atoms with Gasteiger partial charge in [0.15, 0.2) is 0 Å². The fourth-order valence-electron chi connectivity index (χ4n) is 3.76. The maximum absolute atomic E-state index is 13.5. The first-order valence-electron chi connectivity index (χ1n) is 10.7. The topological polar surface area (TPSA) is 95.5 Å². The summed E-state index contributed by atoms with van der Waals surface area (Å²) in [4.78, 5) is 38.6. The standard InChI is InChI=1S/C24H32N2O4S2/c1-16(2)12-19(20(24(29)26-30)15-32-22-10-7-11-31-22)21(27)14-18(23(28)25-3)13-17-8-5-4-6-9-17/h4-11,16,18-20,30H,12-15H2,1-3H3,(H,25,28)(H,26,29)/t18-,19-,20+/m1/s1. The number of benzene rings is 1. The molecule has 3 N–H and O–H groups in total. The van der Waals surface area contributed by atoms with Gasteiger partial charge in [-0.25, -0.2) is 5.48 Å². The van der Waals surface area contributed by atoms with E-state index < -0.39 is 23.7 Å². The molecule has 0 unspecified atom stereocenters. The van der Waals surface area contributed by atoms with Gasteiger partial charge in [0, 0.05) is 31.1 Å². The molecule has 0 aliphatic rings. The third-order valence-electron chi connectivity index (χ3n) is 5.36. The Kier molecular flexibility index (Phi) is 10.9. The van der Waals surface area contributed by atoms with E-state index in [0.717, 1.165) is 9.77 Å². The van der Waals surface area contributed by atoms with E-state index in [2.05, 4.69) is 5.32 Å². The van der Waals surface area contributed by atoms with Crippen molar-refractivity contribution < 1.29 is 19.6 Å². The van der Waals surface area contributed by atoms with Crippen LogP contribution in [0.5, 0.6) is 0 Å². The zero-order valence-electron chi connectivity index (χ0n) is 18.7. The molecule has 0 saturated heterocycles. The molecule has 1 aromatic carbocycles. The van der Waals surface area contributed by atoms with Crippen LogP contribution in [0, 0.1) is 23.7 Å². The van der Waals surface area contributed by atoms with Crippen molar-refractivity contribution in [2.24, 2.45) is 23.7 Å². The van der Waals surface area contributed by atoms with E-state index in [1.54, 1.807) is 23.9 Å². The van der Waals surface area contributed by atoms with E-state index >= 15 is 0 Å². The second-order valence-corrected chi connectivity index (χ2v) is 10.5. The zero-order chi connectivity index (χ0) is 23.5. The Morgan fingerprint density at radius 1 is 1.03 bits per heavy atom. The molecule has 8 heteroatoms. The summed E-state index contributed by atoms with van der Waals surface area (Å²) < 4.78 is 1.05. The quantitative estimate of drug-likeness (QED) is 0.229. The molecular formula is C24H32N2O4S2. The Hall–Kier alpha value is -2.16. The molecule has 2 rings (SSSR count). The van der Waals surface area contributed by atoms with Crippen molar-refractivity contribution in [1.82, 2.24) is 10.8 Å². The van der Waals surface area contributed by atoms with Gasteiger partial charge in [-0.3, -0.25) is 19.6 Å². The molecule has 174 valence electrons. The molecule has 0 aliphatic carbocycles. The van der Waals surface area contributed by atoms with Crippen LogP contribution in [0.4, 0.5) is 0 Å². The van der Waals surface area contributed by atoms with Crippen molar-refractivity contribution in [3.8, 4) is 0 Å². The van der Waals surface area contributed by atoms with Gasteiger partial charge in [0.25, 0.3) is 0 Å². The lowest BCUT2D eigenvalue weighted by Crippen LogP contribution is -2.40. The highest BCUT2D eigenvalue weighted by Crippen LogP contribution is 2.32. The number of carbonyl (C=O) groups excluding carboxylic acids is 3. The van der Waals surface area contributed by atoms with Gasteiger partial charge < -0.3 is 5.32 Å². The summed E-state index contributed by atoms with van der Waals surface area (Å²) in [6, 6.07) is 13.5. The van der Waals surface area contributed by atoms with Crippen molar-refractivity contribution in [2.75, 3.05) is 12.8 Å². The van der Waals surface area contributed by atoms with Crippen LogP contribution in [-0.2, 0) is 20.8 Å². The second-order valence-electron chi connectivity index (χ2n) is 8.23. The number of carbonyl (C=O) groups is 3. The van der Waals surface area contributed by atoms with Crippen LogP contribution in [0.15, 0.2) is 52.1 Å². The third-order valence-corrected chi connectivity index (χ3v) is 7.61. The van der Waals surface area contributed by atoms with E-state index in [1.165, 1.54) is 11.8 Å². The monoisotopic (exact) mass is 476 g/mol. The number of amides is 2. The summed E-state index contributed by atoms with van der Waals surface area (Å²) in [5.41, 5.74) is 2.73. The zero-order valence-corrected chi connectivity index (χ0v) is 20.4. The van der Waals surface area contributed by atoms with Crippen molar-refractivity contribution >= 4 is 40.7 Å². The van der Waals surface area contributed by atoms with Crippen LogP contribution in [0.1, 0.15) is 32.3 Å². The van der Waals surface area contributed by atoms with E-state index in [-0.39, 0.29) is 24.0 Å². The van der Waals surface area contributed by atoms with Crippen molar-refractivity contribution in [2.45, 2.75) is 37.3 Å². The van der Waals surface area contributed by atoms with E-state index in [9.17, 15) is 19.6 Å². The highest BCUT2D eigenvalue weighted by molar-refractivity contribution is 8.01. The van der Waals surface area contributed by atoms with Crippen LogP contribution in [-0.4, -0.2) is 35.6 Å². The molecule has 2 amide bonds. The average molecular weight is 477 g/mol. The number of hydrogen-bond donors (Lipinski definition) is 3. The first kappa shape index (κ1) is 26.1. The lowest BCUT2D eigenvalue weighted by atomic mass is 9.79. The number of Topliss-reactive ketones (excluding diaryl/α,β-unsaturated/α-hetero) is 1. The van der Waals surface area contributed by atoms with Gasteiger partial charge in [0.1, 0.15) is 5.78 Å². The summed E-state index contributed by atoms with van der Waals surface area (Å²) >= 11 is 3.07. The van der Waals surface area contributed by atoms with Gasteiger partial charge in [-0.05, 0) is 35.8 Å².